The quantitative estimate of drug-likeness (QED) is 0.856. The van der Waals surface area contributed by atoms with E-state index in [0.29, 0.717) is 5.92 Å². The van der Waals surface area contributed by atoms with E-state index in [0.717, 1.165) is 10.0 Å². The van der Waals surface area contributed by atoms with Gasteiger partial charge in [0.05, 0.1) is 6.10 Å². The van der Waals surface area contributed by atoms with Crippen LogP contribution in [0.1, 0.15) is 36.5 Å². The first-order chi connectivity index (χ1) is 6.68. The molecule has 2 rings (SSSR count). The lowest BCUT2D eigenvalue weighted by Gasteiger charge is -2.31. The molecule has 0 amide bonds. The van der Waals surface area contributed by atoms with Crippen LogP contribution in [0.5, 0.6) is 0 Å². The van der Waals surface area contributed by atoms with Gasteiger partial charge in [-0.3, -0.25) is 0 Å². The predicted molar refractivity (Wildman–Crippen MR) is 61.2 cm³/mol. The predicted octanol–water partition coefficient (Wildman–Crippen LogP) is 3.59. The number of aliphatic hydroxyl groups excluding tert-OH is 1. The Morgan fingerprint density at radius 1 is 1.43 bits per heavy atom. The standard InChI is InChI=1S/C12H15BrO/c1-8-5-6-11(13)10(7-8)12(14)9-3-2-4-9/h5-7,9,12,14H,2-4H2,1H3. The molecular formula is C12H15BrO. The van der Waals surface area contributed by atoms with Crippen LogP contribution in [0.4, 0.5) is 0 Å². The van der Waals surface area contributed by atoms with Gasteiger partial charge in [0.2, 0.25) is 0 Å². The molecule has 1 aliphatic rings. The van der Waals surface area contributed by atoms with E-state index in [2.05, 4.69) is 35.0 Å². The second-order valence-corrected chi connectivity index (χ2v) is 5.02. The highest BCUT2D eigenvalue weighted by atomic mass is 79.9. The molecule has 0 spiro atoms. The highest BCUT2D eigenvalue weighted by Crippen LogP contribution is 2.39. The first-order valence-electron chi connectivity index (χ1n) is 5.12. The zero-order chi connectivity index (χ0) is 10.1. The summed E-state index contributed by atoms with van der Waals surface area (Å²) >= 11 is 3.49. The summed E-state index contributed by atoms with van der Waals surface area (Å²) in [5, 5.41) is 10.1. The summed E-state index contributed by atoms with van der Waals surface area (Å²) in [5.74, 6) is 0.480. The van der Waals surface area contributed by atoms with E-state index >= 15 is 0 Å². The van der Waals surface area contributed by atoms with E-state index in [1.54, 1.807) is 0 Å². The molecule has 1 saturated carbocycles. The molecule has 0 aliphatic heterocycles. The van der Waals surface area contributed by atoms with Crippen LogP contribution in [-0.4, -0.2) is 5.11 Å². The molecule has 1 unspecified atom stereocenters. The summed E-state index contributed by atoms with van der Waals surface area (Å²) in [5.41, 5.74) is 2.26. The fraction of sp³-hybridized carbons (Fsp3) is 0.500. The van der Waals surface area contributed by atoms with Crippen molar-refractivity contribution in [3.05, 3.63) is 33.8 Å². The number of aliphatic hydroxyl groups is 1. The summed E-state index contributed by atoms with van der Waals surface area (Å²) in [4.78, 5) is 0. The maximum absolute atomic E-state index is 10.1. The third-order valence-electron chi connectivity index (χ3n) is 3.07. The molecule has 14 heavy (non-hydrogen) atoms. The molecule has 1 aromatic carbocycles. The van der Waals surface area contributed by atoms with E-state index in [1.807, 2.05) is 6.07 Å². The molecule has 1 nitrogen and oxygen atoms in total. The smallest absolute Gasteiger partial charge is 0.0829 e. The number of aryl methyl sites for hydroxylation is 1. The van der Waals surface area contributed by atoms with Crippen molar-refractivity contribution >= 4 is 15.9 Å². The minimum absolute atomic E-state index is 0.280. The molecule has 1 atom stereocenters. The van der Waals surface area contributed by atoms with Gasteiger partial charge in [-0.15, -0.1) is 0 Å². The second-order valence-electron chi connectivity index (χ2n) is 4.16. The van der Waals surface area contributed by atoms with Crippen LogP contribution >= 0.6 is 15.9 Å². The van der Waals surface area contributed by atoms with Gasteiger partial charge < -0.3 is 5.11 Å². The van der Waals surface area contributed by atoms with E-state index in [4.69, 9.17) is 0 Å². The Balaban J connectivity index is 2.24. The largest absolute Gasteiger partial charge is 0.388 e. The molecule has 0 bridgehead atoms. The van der Waals surface area contributed by atoms with E-state index in [1.165, 1.54) is 24.8 Å². The Bertz CT molecular complexity index is 331. The Hall–Kier alpha value is -0.340. The molecule has 0 radical (unpaired) electrons. The number of benzene rings is 1. The van der Waals surface area contributed by atoms with Gasteiger partial charge in [-0.2, -0.15) is 0 Å². The fourth-order valence-corrected chi connectivity index (χ4v) is 2.38. The van der Waals surface area contributed by atoms with Crippen molar-refractivity contribution in [2.45, 2.75) is 32.3 Å². The van der Waals surface area contributed by atoms with E-state index < -0.39 is 0 Å². The minimum atomic E-state index is -0.280. The van der Waals surface area contributed by atoms with Gasteiger partial charge in [-0.05, 0) is 37.3 Å². The molecule has 0 aromatic heterocycles. The van der Waals surface area contributed by atoms with Crippen molar-refractivity contribution < 1.29 is 5.11 Å². The highest BCUT2D eigenvalue weighted by molar-refractivity contribution is 9.10. The zero-order valence-corrected chi connectivity index (χ0v) is 9.92. The normalized spacial score (nSPS) is 19.1. The second kappa shape index (κ2) is 4.03. The molecular weight excluding hydrogens is 240 g/mol. The van der Waals surface area contributed by atoms with Gasteiger partial charge in [0.1, 0.15) is 0 Å². The van der Waals surface area contributed by atoms with Crippen LogP contribution in [0.15, 0.2) is 22.7 Å². The summed E-state index contributed by atoms with van der Waals surface area (Å²) < 4.78 is 1.03. The van der Waals surface area contributed by atoms with Crippen LogP contribution in [-0.2, 0) is 0 Å². The fourth-order valence-electron chi connectivity index (χ4n) is 1.90. The van der Waals surface area contributed by atoms with Gasteiger partial charge >= 0.3 is 0 Å². The number of rotatable bonds is 2. The Labute approximate surface area is 93.3 Å². The van der Waals surface area contributed by atoms with Crippen molar-refractivity contribution in [2.24, 2.45) is 5.92 Å². The summed E-state index contributed by atoms with van der Waals surface area (Å²) in [6.07, 6.45) is 3.33. The number of hydrogen-bond acceptors (Lipinski definition) is 1. The SMILES string of the molecule is Cc1ccc(Br)c(C(O)C2CCC2)c1. The van der Waals surface area contributed by atoms with Crippen LogP contribution in [0.25, 0.3) is 0 Å². The monoisotopic (exact) mass is 254 g/mol. The molecule has 0 saturated heterocycles. The van der Waals surface area contributed by atoms with Gasteiger partial charge in [-0.25, -0.2) is 0 Å². The van der Waals surface area contributed by atoms with Gasteiger partial charge in [-0.1, -0.05) is 40.0 Å². The Morgan fingerprint density at radius 3 is 2.71 bits per heavy atom. The number of hydrogen-bond donors (Lipinski definition) is 1. The van der Waals surface area contributed by atoms with Crippen molar-refractivity contribution in [3.63, 3.8) is 0 Å². The first-order valence-corrected chi connectivity index (χ1v) is 5.92. The van der Waals surface area contributed by atoms with Crippen LogP contribution in [0, 0.1) is 12.8 Å². The topological polar surface area (TPSA) is 20.2 Å². The molecule has 1 fully saturated rings. The lowest BCUT2D eigenvalue weighted by atomic mass is 9.78. The molecule has 1 aromatic rings. The third-order valence-corrected chi connectivity index (χ3v) is 3.79. The van der Waals surface area contributed by atoms with Crippen molar-refractivity contribution in [1.82, 2.24) is 0 Å². The maximum atomic E-state index is 10.1. The highest BCUT2D eigenvalue weighted by Gasteiger charge is 2.27. The number of halogens is 1. The summed E-state index contributed by atoms with van der Waals surface area (Å²) in [6.45, 7) is 2.06. The first kappa shape index (κ1) is 10.2. The van der Waals surface area contributed by atoms with Crippen LogP contribution in [0.3, 0.4) is 0 Å². The van der Waals surface area contributed by atoms with Crippen LogP contribution in [0.2, 0.25) is 0 Å². The lowest BCUT2D eigenvalue weighted by molar-refractivity contribution is 0.0615. The summed E-state index contributed by atoms with van der Waals surface area (Å²) in [7, 11) is 0. The average Bonchev–Trinajstić information content (AvgIpc) is 2.06. The molecule has 0 heterocycles. The minimum Gasteiger partial charge on any atom is -0.388 e. The van der Waals surface area contributed by atoms with Gasteiger partial charge in [0.15, 0.2) is 0 Å². The zero-order valence-electron chi connectivity index (χ0n) is 8.33. The Morgan fingerprint density at radius 2 is 2.14 bits per heavy atom. The summed E-state index contributed by atoms with van der Waals surface area (Å²) in [6, 6.07) is 6.15. The molecule has 76 valence electrons. The third kappa shape index (κ3) is 1.86. The molecule has 2 heteroatoms. The van der Waals surface area contributed by atoms with E-state index in [9.17, 15) is 5.11 Å². The average molecular weight is 255 g/mol. The van der Waals surface area contributed by atoms with Gasteiger partial charge in [0.25, 0.3) is 0 Å². The maximum Gasteiger partial charge on any atom is 0.0829 e. The lowest BCUT2D eigenvalue weighted by Crippen LogP contribution is -2.20. The Kier molecular flexibility index (Phi) is 2.93. The van der Waals surface area contributed by atoms with Crippen molar-refractivity contribution in [3.8, 4) is 0 Å². The van der Waals surface area contributed by atoms with Crippen LogP contribution < -0.4 is 0 Å². The van der Waals surface area contributed by atoms with Crippen molar-refractivity contribution in [2.75, 3.05) is 0 Å². The molecule has 1 aliphatic carbocycles. The molecule has 1 N–H and O–H groups in total. The van der Waals surface area contributed by atoms with Crippen molar-refractivity contribution in [1.29, 1.82) is 0 Å². The van der Waals surface area contributed by atoms with E-state index in [-0.39, 0.29) is 6.10 Å². The van der Waals surface area contributed by atoms with Gasteiger partial charge in [0, 0.05) is 4.47 Å².